The molecule has 0 radical (unpaired) electrons. The largest absolute Gasteiger partial charge is 0.463 e. The minimum absolute atomic E-state index is 0.0607. The van der Waals surface area contributed by atoms with E-state index >= 15 is 0 Å². The van der Waals surface area contributed by atoms with Gasteiger partial charge in [-0.2, -0.15) is 0 Å². The van der Waals surface area contributed by atoms with Gasteiger partial charge in [0.1, 0.15) is 17.4 Å². The number of hydrogen-bond donors (Lipinski definition) is 1. The summed E-state index contributed by atoms with van der Waals surface area (Å²) in [6.07, 6.45) is 0. The van der Waals surface area contributed by atoms with Crippen molar-refractivity contribution in [3.63, 3.8) is 0 Å². The van der Waals surface area contributed by atoms with Gasteiger partial charge in [0, 0.05) is 10.0 Å². The number of benzene rings is 1. The molecule has 0 saturated carbocycles. The topological polar surface area (TPSA) is 65.5 Å². The van der Waals surface area contributed by atoms with Crippen molar-refractivity contribution in [1.82, 2.24) is 0 Å². The van der Waals surface area contributed by atoms with Gasteiger partial charge in [-0.05, 0) is 24.3 Å². The van der Waals surface area contributed by atoms with Crippen LogP contribution in [0.1, 0.15) is 27.9 Å². The van der Waals surface area contributed by atoms with Crippen molar-refractivity contribution in [2.75, 3.05) is 7.11 Å². The molecule has 1 aromatic carbocycles. The first-order valence-corrected chi connectivity index (χ1v) is 6.31. The smallest absolute Gasteiger partial charge is 0.373 e. The lowest BCUT2D eigenvalue weighted by Gasteiger charge is -2.12. The number of hydrogen-bond acceptors (Lipinski definition) is 4. The molecule has 4 nitrogen and oxygen atoms in total. The normalized spacial score (nSPS) is 12.2. The Bertz CT molecular complexity index is 634. The fourth-order valence-electron chi connectivity index (χ4n) is 1.72. The van der Waals surface area contributed by atoms with Crippen LogP contribution in [0.15, 0.2) is 33.2 Å². The second kappa shape index (κ2) is 5.72. The third-order valence-corrected chi connectivity index (χ3v) is 3.13. The highest BCUT2D eigenvalue weighted by molar-refractivity contribution is 9.10. The fraction of sp³-hybridized carbons (Fsp3) is 0.154. The van der Waals surface area contributed by atoms with Crippen LogP contribution in [0.4, 0.5) is 8.78 Å². The van der Waals surface area contributed by atoms with Gasteiger partial charge < -0.3 is 14.9 Å². The molecule has 1 atom stereocenters. The maximum atomic E-state index is 13.8. The third-order valence-electron chi connectivity index (χ3n) is 2.67. The number of nitrogens with two attached hydrogens (primary N) is 1. The summed E-state index contributed by atoms with van der Waals surface area (Å²) in [6, 6.07) is 3.74. The van der Waals surface area contributed by atoms with E-state index < -0.39 is 23.6 Å². The Kier molecular flexibility index (Phi) is 4.20. The maximum absolute atomic E-state index is 13.8. The van der Waals surface area contributed by atoms with E-state index in [1.54, 1.807) is 0 Å². The van der Waals surface area contributed by atoms with Crippen LogP contribution in [0.5, 0.6) is 0 Å². The minimum atomic E-state index is -1.17. The summed E-state index contributed by atoms with van der Waals surface area (Å²) in [5.74, 6) is -2.33. The Labute approximate surface area is 121 Å². The second-order valence-electron chi connectivity index (χ2n) is 3.95. The van der Waals surface area contributed by atoms with Crippen LogP contribution in [-0.4, -0.2) is 13.1 Å². The van der Waals surface area contributed by atoms with Crippen molar-refractivity contribution in [1.29, 1.82) is 0 Å². The van der Waals surface area contributed by atoms with E-state index in [-0.39, 0.29) is 21.6 Å². The summed E-state index contributed by atoms with van der Waals surface area (Å²) in [5.41, 5.74) is 5.45. The minimum Gasteiger partial charge on any atom is -0.463 e. The van der Waals surface area contributed by atoms with Crippen molar-refractivity contribution in [3.05, 3.63) is 57.5 Å². The monoisotopic (exact) mass is 345 g/mol. The lowest BCUT2D eigenvalue weighted by molar-refractivity contribution is 0.0562. The first kappa shape index (κ1) is 14.7. The highest BCUT2D eigenvalue weighted by Crippen LogP contribution is 2.28. The molecule has 0 amide bonds. The molecule has 0 spiro atoms. The van der Waals surface area contributed by atoms with Gasteiger partial charge in [-0.15, -0.1) is 0 Å². The molecule has 0 aliphatic carbocycles. The zero-order valence-corrected chi connectivity index (χ0v) is 11.9. The van der Waals surface area contributed by atoms with E-state index in [0.29, 0.717) is 0 Å². The molecule has 0 fully saturated rings. The van der Waals surface area contributed by atoms with E-state index in [0.717, 1.165) is 12.1 Å². The lowest BCUT2D eigenvalue weighted by atomic mass is 10.0. The molecule has 106 valence electrons. The Morgan fingerprint density at radius 2 is 1.95 bits per heavy atom. The van der Waals surface area contributed by atoms with Crippen LogP contribution in [0.25, 0.3) is 0 Å². The van der Waals surface area contributed by atoms with E-state index in [1.807, 2.05) is 0 Å². The van der Waals surface area contributed by atoms with E-state index in [9.17, 15) is 13.6 Å². The Morgan fingerprint density at radius 1 is 1.35 bits per heavy atom. The SMILES string of the molecule is COC(=O)c1ccc(C(N)c2c(F)cc(Br)cc2F)o1. The standard InChI is InChI=1S/C13H10BrF2NO3/c1-19-13(18)10-3-2-9(20-10)12(17)11-7(15)4-6(14)5-8(11)16/h2-5,12H,17H2,1H3. The molecule has 1 aromatic heterocycles. The van der Waals surface area contributed by atoms with Gasteiger partial charge in [0.25, 0.3) is 0 Å². The molecule has 0 aliphatic rings. The molecule has 2 rings (SSSR count). The number of carbonyl (C=O) groups excluding carboxylic acids is 1. The zero-order valence-electron chi connectivity index (χ0n) is 10.3. The van der Waals surface area contributed by atoms with Crippen molar-refractivity contribution in [2.45, 2.75) is 6.04 Å². The molecule has 0 bridgehead atoms. The molecule has 0 saturated heterocycles. The Balaban J connectivity index is 2.39. The predicted octanol–water partition coefficient (Wildman–Crippen LogP) is 3.16. The third kappa shape index (κ3) is 2.73. The van der Waals surface area contributed by atoms with Crippen LogP contribution in [0, 0.1) is 11.6 Å². The van der Waals surface area contributed by atoms with E-state index in [2.05, 4.69) is 20.7 Å². The molecule has 7 heteroatoms. The van der Waals surface area contributed by atoms with Crippen molar-refractivity contribution >= 4 is 21.9 Å². The number of methoxy groups -OCH3 is 1. The number of ether oxygens (including phenoxy) is 1. The molecule has 2 aromatic rings. The van der Waals surface area contributed by atoms with Crippen LogP contribution >= 0.6 is 15.9 Å². The summed E-state index contributed by atoms with van der Waals surface area (Å²) in [6.45, 7) is 0. The number of esters is 1. The Morgan fingerprint density at radius 3 is 2.50 bits per heavy atom. The Hall–Kier alpha value is -1.73. The quantitative estimate of drug-likeness (QED) is 0.867. The first-order valence-electron chi connectivity index (χ1n) is 5.52. The van der Waals surface area contributed by atoms with Crippen LogP contribution in [-0.2, 0) is 4.74 Å². The molecular weight excluding hydrogens is 336 g/mol. The van der Waals surface area contributed by atoms with Gasteiger partial charge in [0.2, 0.25) is 5.76 Å². The molecular formula is C13H10BrF2NO3. The zero-order chi connectivity index (χ0) is 14.9. The number of furan rings is 1. The molecule has 1 heterocycles. The molecule has 1 unspecified atom stereocenters. The molecule has 2 N–H and O–H groups in total. The van der Waals surface area contributed by atoms with E-state index in [1.165, 1.54) is 19.2 Å². The fourth-order valence-corrected chi connectivity index (χ4v) is 2.12. The summed E-state index contributed by atoms with van der Waals surface area (Å²) in [4.78, 5) is 11.3. The summed E-state index contributed by atoms with van der Waals surface area (Å²) in [5, 5.41) is 0. The van der Waals surface area contributed by atoms with Gasteiger partial charge in [-0.25, -0.2) is 13.6 Å². The first-order chi connectivity index (χ1) is 9.43. The van der Waals surface area contributed by atoms with E-state index in [4.69, 9.17) is 10.2 Å². The highest BCUT2D eigenvalue weighted by atomic mass is 79.9. The summed E-state index contributed by atoms with van der Waals surface area (Å²) >= 11 is 2.98. The van der Waals surface area contributed by atoms with Crippen LogP contribution < -0.4 is 5.73 Å². The lowest BCUT2D eigenvalue weighted by Crippen LogP contribution is -2.15. The van der Waals surface area contributed by atoms with Gasteiger partial charge in [-0.1, -0.05) is 15.9 Å². The number of halogens is 3. The van der Waals surface area contributed by atoms with Crippen molar-refractivity contribution in [2.24, 2.45) is 5.73 Å². The maximum Gasteiger partial charge on any atom is 0.373 e. The van der Waals surface area contributed by atoms with Crippen LogP contribution in [0.3, 0.4) is 0 Å². The summed E-state index contributed by atoms with van der Waals surface area (Å²) in [7, 11) is 1.19. The van der Waals surface area contributed by atoms with Crippen molar-refractivity contribution in [3.8, 4) is 0 Å². The van der Waals surface area contributed by atoms with Gasteiger partial charge >= 0.3 is 5.97 Å². The number of rotatable bonds is 3. The van der Waals surface area contributed by atoms with Gasteiger partial charge in [-0.3, -0.25) is 0 Å². The average Bonchev–Trinajstić information content (AvgIpc) is 2.86. The second-order valence-corrected chi connectivity index (χ2v) is 4.87. The predicted molar refractivity (Wildman–Crippen MR) is 70.1 cm³/mol. The number of carbonyl (C=O) groups is 1. The van der Waals surface area contributed by atoms with Gasteiger partial charge in [0.05, 0.1) is 13.2 Å². The van der Waals surface area contributed by atoms with Crippen LogP contribution in [0.2, 0.25) is 0 Å². The molecule has 20 heavy (non-hydrogen) atoms. The van der Waals surface area contributed by atoms with Gasteiger partial charge in [0.15, 0.2) is 0 Å². The summed E-state index contributed by atoms with van der Waals surface area (Å²) < 4.78 is 37.5. The highest BCUT2D eigenvalue weighted by Gasteiger charge is 2.23. The molecule has 0 aliphatic heterocycles. The van der Waals surface area contributed by atoms with Crippen molar-refractivity contribution < 1.29 is 22.7 Å². The average molecular weight is 346 g/mol.